The summed E-state index contributed by atoms with van der Waals surface area (Å²) in [5.74, 6) is -0.229. The van der Waals surface area contributed by atoms with Crippen LogP contribution in [0.15, 0.2) is 53.4 Å². The van der Waals surface area contributed by atoms with Crippen LogP contribution >= 0.6 is 0 Å². The number of likely N-dealkylation sites (N-methyl/N-ethyl adjacent to an activating group) is 1. The Balaban J connectivity index is 2.05. The number of benzene rings is 2. The second-order valence-electron chi connectivity index (χ2n) is 6.63. The number of hydrogen-bond acceptors (Lipinski definition) is 5. The highest BCUT2D eigenvalue weighted by Gasteiger charge is 2.15. The number of amides is 1. The largest absolute Gasteiger partial charge is 0.378 e. The Labute approximate surface area is 161 Å². The van der Waals surface area contributed by atoms with Gasteiger partial charge in [0.15, 0.2) is 0 Å². The molecule has 0 aliphatic carbocycles. The van der Waals surface area contributed by atoms with Crippen molar-refractivity contribution in [2.24, 2.45) is 0 Å². The highest BCUT2D eigenvalue weighted by molar-refractivity contribution is 7.92. The minimum atomic E-state index is -3.72. The number of carbonyl (C=O) groups excluding carboxylic acids is 1. The molecule has 0 spiro atoms. The van der Waals surface area contributed by atoms with E-state index in [1.165, 1.54) is 24.3 Å². The van der Waals surface area contributed by atoms with E-state index >= 15 is 0 Å². The summed E-state index contributed by atoms with van der Waals surface area (Å²) in [4.78, 5) is 16.1. The summed E-state index contributed by atoms with van der Waals surface area (Å²) in [7, 11) is 3.96. The first-order valence-corrected chi connectivity index (χ1v) is 10.0. The van der Waals surface area contributed by atoms with Crippen LogP contribution in [-0.4, -0.2) is 60.5 Å². The Morgan fingerprint density at radius 3 is 2.04 bits per heavy atom. The summed E-state index contributed by atoms with van der Waals surface area (Å²) in [6.45, 7) is 1.26. The van der Waals surface area contributed by atoms with Crippen molar-refractivity contribution in [1.29, 1.82) is 0 Å². The molecule has 2 N–H and O–H groups in total. The minimum absolute atomic E-state index is 0.101. The average molecular weight is 391 g/mol. The number of anilines is 2. The van der Waals surface area contributed by atoms with E-state index in [2.05, 4.69) is 10.0 Å². The van der Waals surface area contributed by atoms with Crippen LogP contribution < -0.4 is 14.9 Å². The fraction of sp³-hybridized carbons (Fsp3) is 0.316. The summed E-state index contributed by atoms with van der Waals surface area (Å²) < 4.78 is 27.6. The molecule has 0 heterocycles. The number of carbonyl (C=O) groups is 1. The van der Waals surface area contributed by atoms with Gasteiger partial charge in [-0.2, -0.15) is 0 Å². The SMILES string of the molecule is CN(C)CCNC(=O)c1ccc(S(=O)(=O)Nc2ccc(N(C)C)cc2)cc1. The second kappa shape index (κ2) is 8.88. The van der Waals surface area contributed by atoms with Crippen molar-refractivity contribution in [3.05, 3.63) is 54.1 Å². The van der Waals surface area contributed by atoms with Crippen molar-refractivity contribution in [2.45, 2.75) is 4.90 Å². The van der Waals surface area contributed by atoms with Crippen LogP contribution in [-0.2, 0) is 10.0 Å². The van der Waals surface area contributed by atoms with E-state index in [-0.39, 0.29) is 10.8 Å². The fourth-order valence-corrected chi connectivity index (χ4v) is 3.38. The van der Waals surface area contributed by atoms with Gasteiger partial charge in [-0.1, -0.05) is 0 Å². The molecule has 0 atom stereocenters. The molecule has 1 amide bonds. The highest BCUT2D eigenvalue weighted by Crippen LogP contribution is 2.20. The van der Waals surface area contributed by atoms with Crippen molar-refractivity contribution < 1.29 is 13.2 Å². The van der Waals surface area contributed by atoms with Crippen LogP contribution in [0.3, 0.4) is 0 Å². The zero-order valence-electron chi connectivity index (χ0n) is 16.1. The molecule has 0 aliphatic rings. The molecule has 7 nitrogen and oxygen atoms in total. The van der Waals surface area contributed by atoms with E-state index in [0.29, 0.717) is 17.8 Å². The average Bonchev–Trinajstić information content (AvgIpc) is 2.61. The van der Waals surface area contributed by atoms with Gasteiger partial charge in [0, 0.05) is 44.1 Å². The normalized spacial score (nSPS) is 11.3. The Hall–Kier alpha value is -2.58. The lowest BCUT2D eigenvalue weighted by molar-refractivity contribution is 0.0951. The fourth-order valence-electron chi connectivity index (χ4n) is 2.32. The van der Waals surface area contributed by atoms with E-state index in [1.807, 2.05) is 50.1 Å². The van der Waals surface area contributed by atoms with Gasteiger partial charge in [-0.05, 0) is 62.6 Å². The lowest BCUT2D eigenvalue weighted by atomic mass is 10.2. The second-order valence-corrected chi connectivity index (χ2v) is 8.31. The molecule has 0 aliphatic heterocycles. The van der Waals surface area contributed by atoms with Gasteiger partial charge < -0.3 is 15.1 Å². The number of sulfonamides is 1. The highest BCUT2D eigenvalue weighted by atomic mass is 32.2. The molecule has 146 valence electrons. The van der Waals surface area contributed by atoms with Gasteiger partial charge in [0.05, 0.1) is 4.90 Å². The molecule has 0 saturated carbocycles. The van der Waals surface area contributed by atoms with E-state index in [4.69, 9.17) is 0 Å². The van der Waals surface area contributed by atoms with Crippen molar-refractivity contribution in [1.82, 2.24) is 10.2 Å². The maximum Gasteiger partial charge on any atom is 0.261 e. The number of nitrogens with zero attached hydrogens (tertiary/aromatic N) is 2. The first kappa shape index (κ1) is 20.7. The number of rotatable bonds is 8. The molecule has 2 rings (SSSR count). The molecule has 2 aromatic rings. The van der Waals surface area contributed by atoms with E-state index in [9.17, 15) is 13.2 Å². The summed E-state index contributed by atoms with van der Waals surface area (Å²) in [5.41, 5.74) is 1.87. The molecule has 8 heteroatoms. The molecule has 2 aromatic carbocycles. The van der Waals surface area contributed by atoms with E-state index in [1.54, 1.807) is 12.1 Å². The zero-order valence-corrected chi connectivity index (χ0v) is 16.9. The maximum atomic E-state index is 12.5. The predicted octanol–water partition coefficient (Wildman–Crippen LogP) is 1.84. The molecule has 0 aromatic heterocycles. The first-order valence-electron chi connectivity index (χ1n) is 8.52. The Bertz CT molecular complexity index is 861. The molecular formula is C19H26N4O3S. The summed E-state index contributed by atoms with van der Waals surface area (Å²) in [5, 5.41) is 2.79. The van der Waals surface area contributed by atoms with Crippen LogP contribution in [0.2, 0.25) is 0 Å². The third kappa shape index (κ3) is 5.97. The lowest BCUT2D eigenvalue weighted by Crippen LogP contribution is -2.31. The molecule has 0 saturated heterocycles. The lowest BCUT2D eigenvalue weighted by Gasteiger charge is -2.14. The number of hydrogen-bond donors (Lipinski definition) is 2. The summed E-state index contributed by atoms with van der Waals surface area (Å²) >= 11 is 0. The zero-order chi connectivity index (χ0) is 20.0. The Morgan fingerprint density at radius 2 is 1.52 bits per heavy atom. The van der Waals surface area contributed by atoms with Crippen molar-refractivity contribution in [3.63, 3.8) is 0 Å². The first-order chi connectivity index (χ1) is 12.7. The van der Waals surface area contributed by atoms with Crippen LogP contribution in [0.5, 0.6) is 0 Å². The Morgan fingerprint density at radius 1 is 0.926 bits per heavy atom. The van der Waals surface area contributed by atoms with Gasteiger partial charge >= 0.3 is 0 Å². The van der Waals surface area contributed by atoms with Gasteiger partial charge in [0.25, 0.3) is 15.9 Å². The molecule has 0 bridgehead atoms. The van der Waals surface area contributed by atoms with Gasteiger partial charge in [0.1, 0.15) is 0 Å². The summed E-state index contributed by atoms with van der Waals surface area (Å²) in [6.07, 6.45) is 0. The van der Waals surface area contributed by atoms with Crippen LogP contribution in [0, 0.1) is 0 Å². The van der Waals surface area contributed by atoms with Crippen LogP contribution in [0.4, 0.5) is 11.4 Å². The summed E-state index contributed by atoms with van der Waals surface area (Å²) in [6, 6.07) is 13.0. The van der Waals surface area contributed by atoms with Crippen molar-refractivity contribution in [3.8, 4) is 0 Å². The molecule has 0 radical (unpaired) electrons. The molecular weight excluding hydrogens is 364 g/mol. The maximum absolute atomic E-state index is 12.5. The minimum Gasteiger partial charge on any atom is -0.378 e. The third-order valence-electron chi connectivity index (χ3n) is 3.91. The Kier molecular flexibility index (Phi) is 6.81. The van der Waals surface area contributed by atoms with Crippen molar-refractivity contribution >= 4 is 27.3 Å². The van der Waals surface area contributed by atoms with Gasteiger partial charge in [-0.3, -0.25) is 9.52 Å². The quantitative estimate of drug-likeness (QED) is 0.719. The monoisotopic (exact) mass is 390 g/mol. The van der Waals surface area contributed by atoms with Crippen LogP contribution in [0.25, 0.3) is 0 Å². The smallest absolute Gasteiger partial charge is 0.261 e. The topological polar surface area (TPSA) is 81.8 Å². The predicted molar refractivity (Wildman–Crippen MR) is 109 cm³/mol. The molecule has 27 heavy (non-hydrogen) atoms. The van der Waals surface area contributed by atoms with Gasteiger partial charge in [0.2, 0.25) is 0 Å². The van der Waals surface area contributed by atoms with E-state index < -0.39 is 10.0 Å². The van der Waals surface area contributed by atoms with Gasteiger partial charge in [-0.25, -0.2) is 8.42 Å². The number of nitrogens with one attached hydrogen (secondary N) is 2. The van der Waals surface area contributed by atoms with E-state index in [0.717, 1.165) is 12.2 Å². The molecule has 0 fully saturated rings. The standard InChI is InChI=1S/C19H26N4O3S/c1-22(2)14-13-20-19(24)15-5-11-18(12-6-15)27(25,26)21-16-7-9-17(10-8-16)23(3)4/h5-12,21H,13-14H2,1-4H3,(H,20,24). The third-order valence-corrected chi connectivity index (χ3v) is 5.30. The van der Waals surface area contributed by atoms with Crippen molar-refractivity contribution in [2.75, 3.05) is 50.9 Å². The molecule has 0 unspecified atom stereocenters. The van der Waals surface area contributed by atoms with Gasteiger partial charge in [-0.15, -0.1) is 0 Å². The van der Waals surface area contributed by atoms with Crippen LogP contribution in [0.1, 0.15) is 10.4 Å².